The van der Waals surface area contributed by atoms with Crippen molar-refractivity contribution in [3.63, 3.8) is 0 Å². The van der Waals surface area contributed by atoms with Crippen molar-refractivity contribution >= 4 is 50.0 Å². The quantitative estimate of drug-likeness (QED) is 0.594. The van der Waals surface area contributed by atoms with Crippen LogP contribution in [0.25, 0.3) is 16.3 Å². The fourth-order valence-electron chi connectivity index (χ4n) is 2.90. The summed E-state index contributed by atoms with van der Waals surface area (Å²) in [5, 5.41) is 2.46. The molecular weight excluding hydrogens is 371 g/mol. The van der Waals surface area contributed by atoms with Crippen molar-refractivity contribution in [1.29, 1.82) is 0 Å². The molecule has 26 heavy (non-hydrogen) atoms. The maximum atomic E-state index is 14.0. The molecule has 1 saturated heterocycles. The summed E-state index contributed by atoms with van der Waals surface area (Å²) in [7, 11) is 0. The van der Waals surface area contributed by atoms with E-state index in [1.54, 1.807) is 34.5 Å². The Bertz CT molecular complexity index is 930. The number of nitrogens with zero attached hydrogens (tertiary/aromatic N) is 2. The molecule has 1 unspecified atom stereocenters. The fraction of sp³-hybridized carbons (Fsp3) is 0.263. The van der Waals surface area contributed by atoms with E-state index < -0.39 is 0 Å². The summed E-state index contributed by atoms with van der Waals surface area (Å²) in [6.45, 7) is 1.14. The van der Waals surface area contributed by atoms with Crippen molar-refractivity contribution in [1.82, 2.24) is 4.98 Å². The van der Waals surface area contributed by atoms with E-state index in [1.165, 1.54) is 17.4 Å². The van der Waals surface area contributed by atoms with Crippen LogP contribution in [0, 0.1) is 5.82 Å². The largest absolute Gasteiger partial charge is 0.376 e. The van der Waals surface area contributed by atoms with Crippen molar-refractivity contribution in [3.05, 3.63) is 52.5 Å². The Hall–Kier alpha value is -2.09. The molecule has 0 N–H and O–H groups in total. The molecule has 0 radical (unpaired) electrons. The Morgan fingerprint density at radius 2 is 2.31 bits per heavy atom. The highest BCUT2D eigenvalue weighted by Crippen LogP contribution is 2.31. The van der Waals surface area contributed by atoms with Gasteiger partial charge in [0.1, 0.15) is 11.3 Å². The first-order valence-electron chi connectivity index (χ1n) is 8.40. The van der Waals surface area contributed by atoms with Gasteiger partial charge in [-0.2, -0.15) is 0 Å². The molecule has 3 aromatic rings. The van der Waals surface area contributed by atoms with E-state index in [4.69, 9.17) is 4.74 Å². The van der Waals surface area contributed by atoms with Crippen LogP contribution in [0.3, 0.4) is 0 Å². The summed E-state index contributed by atoms with van der Waals surface area (Å²) < 4.78 is 20.4. The van der Waals surface area contributed by atoms with Gasteiger partial charge in [-0.05, 0) is 42.5 Å². The third-order valence-electron chi connectivity index (χ3n) is 4.20. The van der Waals surface area contributed by atoms with E-state index in [1.807, 2.05) is 23.6 Å². The predicted molar refractivity (Wildman–Crippen MR) is 104 cm³/mol. The average molecular weight is 388 g/mol. The lowest BCUT2D eigenvalue weighted by molar-refractivity contribution is -0.114. The minimum Gasteiger partial charge on any atom is -0.376 e. The van der Waals surface area contributed by atoms with Gasteiger partial charge < -0.3 is 4.74 Å². The molecule has 0 bridgehead atoms. The van der Waals surface area contributed by atoms with Gasteiger partial charge in [0.05, 0.1) is 17.3 Å². The summed E-state index contributed by atoms with van der Waals surface area (Å²) in [5.74, 6) is -0.544. The number of carbonyl (C=O) groups is 1. The molecule has 0 spiro atoms. The Morgan fingerprint density at radius 1 is 1.38 bits per heavy atom. The van der Waals surface area contributed by atoms with E-state index in [0.29, 0.717) is 23.8 Å². The summed E-state index contributed by atoms with van der Waals surface area (Å²) in [6.07, 6.45) is 5.24. The molecule has 1 aliphatic heterocycles. The van der Waals surface area contributed by atoms with Crippen molar-refractivity contribution in [3.8, 4) is 0 Å². The second-order valence-corrected chi connectivity index (χ2v) is 8.00. The minimum absolute atomic E-state index is 0.00838. The van der Waals surface area contributed by atoms with E-state index in [9.17, 15) is 9.18 Å². The van der Waals surface area contributed by atoms with Crippen molar-refractivity contribution in [2.24, 2.45) is 0 Å². The smallest absolute Gasteiger partial charge is 0.252 e. The van der Waals surface area contributed by atoms with E-state index >= 15 is 0 Å². The fourth-order valence-corrected chi connectivity index (χ4v) is 4.52. The molecule has 0 aliphatic carbocycles. The van der Waals surface area contributed by atoms with Crippen molar-refractivity contribution in [2.75, 3.05) is 18.1 Å². The number of halogens is 1. The van der Waals surface area contributed by atoms with E-state index in [2.05, 4.69) is 4.98 Å². The molecule has 1 aromatic carbocycles. The molecule has 0 saturated carbocycles. The first-order chi connectivity index (χ1) is 12.7. The zero-order valence-corrected chi connectivity index (χ0v) is 15.6. The second kappa shape index (κ2) is 7.65. The summed E-state index contributed by atoms with van der Waals surface area (Å²) >= 11 is 2.89. The first-order valence-corrected chi connectivity index (χ1v) is 10.1. The number of fused-ring (bicyclic) bond motifs is 1. The Morgan fingerprint density at radius 3 is 3.04 bits per heavy atom. The van der Waals surface area contributed by atoms with Gasteiger partial charge in [0, 0.05) is 17.6 Å². The molecule has 7 heteroatoms. The third-order valence-corrected chi connectivity index (χ3v) is 6.08. The maximum Gasteiger partial charge on any atom is 0.252 e. The topological polar surface area (TPSA) is 42.4 Å². The van der Waals surface area contributed by atoms with Crippen LogP contribution in [0.2, 0.25) is 0 Å². The number of benzene rings is 1. The molecule has 1 atom stereocenters. The lowest BCUT2D eigenvalue weighted by atomic mass is 10.2. The highest BCUT2D eigenvalue weighted by molar-refractivity contribution is 7.22. The van der Waals surface area contributed by atoms with Gasteiger partial charge in [0.2, 0.25) is 0 Å². The van der Waals surface area contributed by atoms with Gasteiger partial charge in [-0.25, -0.2) is 9.37 Å². The number of rotatable bonds is 5. The Balaban J connectivity index is 1.64. The number of para-hydroxylation sites is 1. The monoisotopic (exact) mass is 388 g/mol. The number of thiophene rings is 1. The maximum absolute atomic E-state index is 14.0. The highest BCUT2D eigenvalue weighted by atomic mass is 32.1. The Kier molecular flexibility index (Phi) is 5.10. The normalized spacial score (nSPS) is 17.3. The van der Waals surface area contributed by atoms with Crippen LogP contribution >= 0.6 is 22.7 Å². The molecular formula is C19H17FN2O2S2. The van der Waals surface area contributed by atoms with Gasteiger partial charge in [-0.1, -0.05) is 23.5 Å². The average Bonchev–Trinajstić information content (AvgIpc) is 3.39. The zero-order valence-electron chi connectivity index (χ0n) is 13.9. The number of hydrogen-bond acceptors (Lipinski definition) is 5. The molecule has 1 aliphatic rings. The molecule has 3 heterocycles. The summed E-state index contributed by atoms with van der Waals surface area (Å²) in [4.78, 5) is 19.8. The van der Waals surface area contributed by atoms with E-state index in [0.717, 1.165) is 22.4 Å². The molecule has 4 nitrogen and oxygen atoms in total. The van der Waals surface area contributed by atoms with E-state index in [-0.39, 0.29) is 17.8 Å². The van der Waals surface area contributed by atoms with Crippen LogP contribution in [0.4, 0.5) is 9.52 Å². The number of thiazole rings is 1. The van der Waals surface area contributed by atoms with Gasteiger partial charge in [0.15, 0.2) is 5.13 Å². The number of aromatic nitrogens is 1. The number of anilines is 1. The highest BCUT2D eigenvalue weighted by Gasteiger charge is 2.25. The number of hydrogen-bond donors (Lipinski definition) is 0. The standard InChI is InChI=1S/C19H17FN2O2S2/c20-15-6-1-7-16-18(15)21-19(26-16)22(12-13-4-2-10-24-13)17(23)9-8-14-5-3-11-25-14/h1,3,5-9,11,13H,2,4,10,12H2/b9-8+. The Labute approximate surface area is 158 Å². The van der Waals surface area contributed by atoms with Crippen LogP contribution in [0.1, 0.15) is 17.7 Å². The SMILES string of the molecule is O=C(/C=C/c1cccs1)N(CC1CCCO1)c1nc2c(F)cccc2s1. The molecule has 1 fully saturated rings. The van der Waals surface area contributed by atoms with Gasteiger partial charge >= 0.3 is 0 Å². The van der Waals surface area contributed by atoms with Crippen LogP contribution < -0.4 is 4.90 Å². The van der Waals surface area contributed by atoms with Crippen LogP contribution in [-0.4, -0.2) is 30.1 Å². The number of carbonyl (C=O) groups excluding carboxylic acids is 1. The zero-order chi connectivity index (χ0) is 17.9. The predicted octanol–water partition coefficient (Wildman–Crippen LogP) is 4.72. The third kappa shape index (κ3) is 3.70. The second-order valence-electron chi connectivity index (χ2n) is 6.02. The minimum atomic E-state index is -0.372. The summed E-state index contributed by atoms with van der Waals surface area (Å²) in [5.41, 5.74) is 0.305. The van der Waals surface area contributed by atoms with Gasteiger partial charge in [-0.15, -0.1) is 11.3 Å². The summed E-state index contributed by atoms with van der Waals surface area (Å²) in [6, 6.07) is 8.74. The lowest BCUT2D eigenvalue weighted by Gasteiger charge is -2.21. The van der Waals surface area contributed by atoms with Crippen LogP contribution in [-0.2, 0) is 9.53 Å². The lowest BCUT2D eigenvalue weighted by Crippen LogP contribution is -2.36. The molecule has 1 amide bonds. The molecule has 134 valence electrons. The van der Waals surface area contributed by atoms with Gasteiger partial charge in [0.25, 0.3) is 5.91 Å². The first kappa shape index (κ1) is 17.3. The van der Waals surface area contributed by atoms with Crippen LogP contribution in [0.5, 0.6) is 0 Å². The molecule has 2 aromatic heterocycles. The van der Waals surface area contributed by atoms with Gasteiger partial charge in [-0.3, -0.25) is 9.69 Å². The van der Waals surface area contributed by atoms with Crippen molar-refractivity contribution in [2.45, 2.75) is 18.9 Å². The van der Waals surface area contributed by atoms with Crippen molar-refractivity contribution < 1.29 is 13.9 Å². The molecule has 4 rings (SSSR count). The number of amides is 1. The van der Waals surface area contributed by atoms with Crippen LogP contribution in [0.15, 0.2) is 41.8 Å². The number of ether oxygens (including phenoxy) is 1.